The van der Waals surface area contributed by atoms with Crippen molar-refractivity contribution in [2.75, 3.05) is 0 Å². The first-order valence-electron chi connectivity index (χ1n) is 9.95. The molecule has 0 N–H and O–H groups in total. The number of hydrogen-bond donors (Lipinski definition) is 0. The average molecular weight is 550 g/mol. The quantitative estimate of drug-likeness (QED) is 0.201. The molecular weight excluding hydrogens is 526 g/mol. The van der Waals surface area contributed by atoms with Crippen molar-refractivity contribution in [1.29, 1.82) is 0 Å². The van der Waals surface area contributed by atoms with Crippen LogP contribution < -0.4 is 0 Å². The first-order chi connectivity index (χ1) is 14.0. The van der Waals surface area contributed by atoms with E-state index < -0.39 is 5.41 Å². The summed E-state index contributed by atoms with van der Waals surface area (Å²) in [5.74, 6) is 0. The molecule has 0 saturated carbocycles. The Kier molecular flexibility index (Phi) is 9.59. The van der Waals surface area contributed by atoms with E-state index in [0.29, 0.717) is 0 Å². The van der Waals surface area contributed by atoms with Crippen LogP contribution in [0.3, 0.4) is 0 Å². The molecule has 0 aliphatic rings. The summed E-state index contributed by atoms with van der Waals surface area (Å²) in [6.45, 7) is 8.51. The fourth-order valence-corrected chi connectivity index (χ4v) is 4.06. The summed E-state index contributed by atoms with van der Waals surface area (Å²) in [4.78, 5) is 0. The third-order valence-corrected chi connectivity index (χ3v) is 5.44. The first kappa shape index (κ1) is 26.3. The molecule has 0 aliphatic carbocycles. The van der Waals surface area contributed by atoms with Crippen molar-refractivity contribution in [3.05, 3.63) is 142 Å². The molecule has 2 heteroatoms. The zero-order chi connectivity index (χ0) is 20.4. The molecule has 0 amide bonds. The van der Waals surface area contributed by atoms with Gasteiger partial charge in [-0.3, -0.25) is 0 Å². The van der Waals surface area contributed by atoms with Gasteiger partial charge in [-0.05, 0) is 5.41 Å². The average Bonchev–Trinajstić information content (AvgIpc) is 2.69. The maximum atomic E-state index is 3.54. The van der Waals surface area contributed by atoms with Crippen LogP contribution in [0, 0.1) is 52.0 Å². The van der Waals surface area contributed by atoms with E-state index in [1.165, 1.54) is 22.3 Å². The van der Waals surface area contributed by atoms with Crippen molar-refractivity contribution in [3.8, 4) is 0 Å². The molecule has 150 valence electrons. The summed E-state index contributed by atoms with van der Waals surface area (Å²) in [6, 6.07) is 39.5. The van der Waals surface area contributed by atoms with Crippen LogP contribution in [-0.4, -0.2) is 0 Å². The van der Waals surface area contributed by atoms with Gasteiger partial charge in [0.05, 0.1) is 0 Å². The molecule has 0 heterocycles. The van der Waals surface area contributed by atoms with Gasteiger partial charge in [0, 0.05) is 65.4 Å². The number of rotatable bonds is 4. The van der Waals surface area contributed by atoms with Gasteiger partial charge in [0.15, 0.2) is 0 Å². The Hall–Kier alpha value is -0.912. The minimum Gasteiger partial charge on any atom is -0.179 e. The molecule has 0 unspecified atom stereocenters. The van der Waals surface area contributed by atoms with Crippen LogP contribution in [0.2, 0.25) is 0 Å². The van der Waals surface area contributed by atoms with E-state index in [9.17, 15) is 0 Å². The molecule has 0 spiro atoms. The normalized spacial score (nSPS) is 10.7. The molecule has 2 radical (unpaired) electrons. The fraction of sp³-hybridized carbons (Fsp3) is 0.172. The molecular formula is C29H24Y2-4. The van der Waals surface area contributed by atoms with Gasteiger partial charge >= 0.3 is 0 Å². The van der Waals surface area contributed by atoms with Gasteiger partial charge in [-0.1, -0.05) is 27.7 Å². The second-order valence-corrected chi connectivity index (χ2v) is 7.87. The Balaban J connectivity index is 0.00000171. The van der Waals surface area contributed by atoms with Crippen LogP contribution in [-0.2, 0) is 70.8 Å². The van der Waals surface area contributed by atoms with Crippen molar-refractivity contribution >= 4 is 0 Å². The van der Waals surface area contributed by atoms with E-state index >= 15 is 0 Å². The minimum absolute atomic E-state index is 0. The maximum absolute atomic E-state index is 3.54. The first-order valence-corrected chi connectivity index (χ1v) is 9.95. The van der Waals surface area contributed by atoms with Crippen molar-refractivity contribution in [1.82, 2.24) is 0 Å². The molecule has 0 atom stereocenters. The monoisotopic (exact) mass is 550 g/mol. The Bertz CT molecular complexity index is 973. The second-order valence-electron chi connectivity index (χ2n) is 7.87. The van der Waals surface area contributed by atoms with E-state index in [-0.39, 0.29) is 65.4 Å². The third-order valence-electron chi connectivity index (χ3n) is 5.44. The van der Waals surface area contributed by atoms with Crippen LogP contribution in [0.5, 0.6) is 0 Å². The van der Waals surface area contributed by atoms with Crippen LogP contribution in [0.15, 0.2) is 72.8 Å². The van der Waals surface area contributed by atoms with E-state index in [4.69, 9.17) is 0 Å². The molecule has 0 fully saturated rings. The van der Waals surface area contributed by atoms with Crippen LogP contribution in [0.25, 0.3) is 0 Å². The minimum atomic E-state index is -0.587. The summed E-state index contributed by atoms with van der Waals surface area (Å²) in [6.07, 6.45) is 0. The van der Waals surface area contributed by atoms with Crippen molar-refractivity contribution in [3.63, 3.8) is 0 Å². The van der Waals surface area contributed by atoms with Crippen LogP contribution in [0.4, 0.5) is 0 Å². The van der Waals surface area contributed by atoms with E-state index in [2.05, 4.69) is 100 Å². The molecule has 0 aliphatic heterocycles. The summed E-state index contributed by atoms with van der Waals surface area (Å²) in [5, 5.41) is 0. The van der Waals surface area contributed by atoms with Crippen LogP contribution in [0.1, 0.15) is 44.5 Å². The zero-order valence-electron chi connectivity index (χ0n) is 18.6. The van der Waals surface area contributed by atoms with Gasteiger partial charge in [0.25, 0.3) is 0 Å². The van der Waals surface area contributed by atoms with Gasteiger partial charge in [-0.2, -0.15) is 119 Å². The largest absolute Gasteiger partial charge is 0.179 e. The molecule has 4 aromatic carbocycles. The zero-order valence-corrected chi connectivity index (χ0v) is 24.3. The summed E-state index contributed by atoms with van der Waals surface area (Å²) in [5.41, 5.74) is 8.58. The van der Waals surface area contributed by atoms with Crippen LogP contribution >= 0.6 is 0 Å². The topological polar surface area (TPSA) is 0 Å². The van der Waals surface area contributed by atoms with E-state index in [1.807, 2.05) is 24.3 Å². The predicted molar refractivity (Wildman–Crippen MR) is 119 cm³/mol. The second kappa shape index (κ2) is 11.3. The Morgan fingerprint density at radius 1 is 0.452 bits per heavy atom. The van der Waals surface area contributed by atoms with Gasteiger partial charge in [0.2, 0.25) is 0 Å². The number of hydrogen-bond acceptors (Lipinski definition) is 0. The van der Waals surface area contributed by atoms with Crippen molar-refractivity contribution in [2.24, 2.45) is 0 Å². The van der Waals surface area contributed by atoms with Crippen molar-refractivity contribution < 1.29 is 65.4 Å². The van der Waals surface area contributed by atoms with E-state index in [1.54, 1.807) is 0 Å². The standard InChI is InChI=1S/C29H24.2Y/c1-21-9-5-13-25(17-21)29(26-14-6-10-22(2)18-26,27-15-7-11-23(3)19-27)28-16-8-12-24(4)20-28;;/h5-12,17-20H,1-4H3;;/q-4;;. The summed E-state index contributed by atoms with van der Waals surface area (Å²) in [7, 11) is 0. The molecule has 0 bridgehead atoms. The molecule has 0 aromatic heterocycles. The fourth-order valence-electron chi connectivity index (χ4n) is 4.06. The van der Waals surface area contributed by atoms with Gasteiger partial charge in [-0.25, -0.2) is 0 Å². The number of benzene rings is 4. The molecule has 31 heavy (non-hydrogen) atoms. The Morgan fingerprint density at radius 2 is 0.677 bits per heavy atom. The third kappa shape index (κ3) is 5.36. The summed E-state index contributed by atoms with van der Waals surface area (Å²) < 4.78 is 0. The molecule has 0 nitrogen and oxygen atoms in total. The van der Waals surface area contributed by atoms with Crippen molar-refractivity contribution in [2.45, 2.75) is 33.1 Å². The predicted octanol–water partition coefficient (Wildman–Crippen LogP) is 6.50. The van der Waals surface area contributed by atoms with Gasteiger partial charge < -0.3 is 0 Å². The Labute approximate surface area is 237 Å². The maximum Gasteiger partial charge on any atom is 0 e. The summed E-state index contributed by atoms with van der Waals surface area (Å²) >= 11 is 0. The Morgan fingerprint density at radius 3 is 0.871 bits per heavy atom. The molecule has 4 aromatic rings. The van der Waals surface area contributed by atoms with Gasteiger partial charge in [-0.15, -0.1) is 22.3 Å². The van der Waals surface area contributed by atoms with E-state index in [0.717, 1.165) is 22.3 Å². The SMILES string of the molecule is Cc1cc[c-]c(C(c2[c-]ccc(C)c2)(c2[c-]ccc(C)c2)c2[c-]ccc(C)c2)c1.[Y].[Y]. The molecule has 4 rings (SSSR count). The van der Waals surface area contributed by atoms with Gasteiger partial charge in [0.1, 0.15) is 0 Å². The number of aryl methyl sites for hydroxylation is 4. The smallest absolute Gasteiger partial charge is 0 e. The molecule has 0 saturated heterocycles.